The Bertz CT molecular complexity index is 119. The number of nitrogens with two attached hydrogens (primary N) is 2. The van der Waals surface area contributed by atoms with Gasteiger partial charge in [-0.15, -0.1) is 0 Å². The fourth-order valence-electron chi connectivity index (χ4n) is 0.216. The molecule has 0 aliphatic rings. The Morgan fingerprint density at radius 1 is 1.70 bits per heavy atom. The number of hydrogen-bond acceptors (Lipinski definition) is 6. The monoisotopic (exact) mass is 214 g/mol. The highest BCUT2D eigenvalue weighted by molar-refractivity contribution is 5.74. The zero-order valence-electron chi connectivity index (χ0n) is 4.95. The summed E-state index contributed by atoms with van der Waals surface area (Å²) in [4.78, 5) is 10.4. The maximum absolute atomic E-state index is 10.4. The van der Waals surface area contributed by atoms with Gasteiger partial charge in [-0.1, -0.05) is 3.83 Å². The Kier molecular flexibility index (Phi) is 4.49. The summed E-state index contributed by atoms with van der Waals surface area (Å²) in [6.07, 6.45) is 0. The molecule has 4 N–H and O–H groups in total. The second kappa shape index (κ2) is 4.58. The lowest BCUT2D eigenvalue weighted by atomic mass is 10.3. The number of rotatable bonds is 3. The average molecular weight is 215 g/mol. The van der Waals surface area contributed by atoms with Crippen LogP contribution >= 0.6 is 0 Å². The molecule has 0 aromatic heterocycles. The minimum atomic E-state index is -3.49. The summed E-state index contributed by atoms with van der Waals surface area (Å²) in [5.74, 6) is -1.01. The minimum Gasteiger partial charge on any atom is -0.361 e. The van der Waals surface area contributed by atoms with Gasteiger partial charge in [-0.3, -0.25) is 0 Å². The number of carbonyl (C=O) groups is 1. The van der Waals surface area contributed by atoms with E-state index in [2.05, 4.69) is 3.83 Å². The summed E-state index contributed by atoms with van der Waals surface area (Å²) in [5.41, 5.74) is 9.93. The van der Waals surface area contributed by atoms with E-state index in [0.717, 1.165) is 0 Å². The van der Waals surface area contributed by atoms with E-state index in [1.165, 1.54) is 0 Å². The zero-order chi connectivity index (χ0) is 8.15. The van der Waals surface area contributed by atoms with E-state index >= 15 is 0 Å². The van der Waals surface area contributed by atoms with Crippen molar-refractivity contribution in [1.82, 2.24) is 0 Å². The molecule has 0 fully saturated rings. The third-order valence-corrected chi connectivity index (χ3v) is 1.28. The van der Waals surface area contributed by atoms with Crippen LogP contribution in [-0.4, -0.2) is 18.6 Å². The van der Waals surface area contributed by atoms with Gasteiger partial charge >= 0.3 is 20.8 Å². The van der Waals surface area contributed by atoms with Crippen LogP contribution in [0.1, 0.15) is 0 Å². The van der Waals surface area contributed by atoms with Gasteiger partial charge in [0.25, 0.3) is 0 Å². The summed E-state index contributed by atoms with van der Waals surface area (Å²) in [7, 11) is 0. The highest BCUT2D eigenvalue weighted by Crippen LogP contribution is 1.84. The molecule has 1 atom stereocenters. The minimum absolute atomic E-state index is 0.131. The molecule has 0 spiro atoms. The van der Waals surface area contributed by atoms with Crippen LogP contribution in [0, 0.1) is 14.8 Å². The summed E-state index contributed by atoms with van der Waals surface area (Å²) < 4.78 is 23.3. The third-order valence-electron chi connectivity index (χ3n) is 0.696. The number of hydrogen-bond donors (Lipinski definition) is 2. The van der Waals surface area contributed by atoms with Crippen molar-refractivity contribution < 1.29 is 31.8 Å². The zero-order valence-corrected chi connectivity index (χ0v) is 6.54. The van der Waals surface area contributed by atoms with Crippen LogP contribution in [-0.2, 0) is 8.62 Å². The summed E-state index contributed by atoms with van der Waals surface area (Å²) >= 11 is -3.49. The van der Waals surface area contributed by atoms with Gasteiger partial charge in [0, 0.05) is 6.54 Å². The van der Waals surface area contributed by atoms with Crippen LogP contribution in [0.3, 0.4) is 0 Å². The molecule has 6 nitrogen and oxygen atoms in total. The predicted molar refractivity (Wildman–Crippen MR) is 23.1 cm³/mol. The summed E-state index contributed by atoms with van der Waals surface area (Å²) in [5, 5.41) is 0. The van der Waals surface area contributed by atoms with E-state index in [1.54, 1.807) is 0 Å². The average Bonchev–Trinajstić information content (AvgIpc) is 1.85. The van der Waals surface area contributed by atoms with Crippen molar-refractivity contribution in [2.75, 3.05) is 6.54 Å². The van der Waals surface area contributed by atoms with Crippen molar-refractivity contribution in [3.05, 3.63) is 0 Å². The van der Waals surface area contributed by atoms with Crippen LogP contribution in [0.5, 0.6) is 0 Å². The van der Waals surface area contributed by atoms with Gasteiger partial charge in [0.1, 0.15) is 6.04 Å². The largest absolute Gasteiger partial charge is 0.505 e. The van der Waals surface area contributed by atoms with Crippen molar-refractivity contribution in [3.8, 4) is 0 Å². The molecule has 60 valence electrons. The molecule has 0 saturated carbocycles. The van der Waals surface area contributed by atoms with Crippen molar-refractivity contribution in [1.29, 1.82) is 0 Å². The van der Waals surface area contributed by atoms with Gasteiger partial charge in [-0.2, -0.15) is 0 Å². The van der Waals surface area contributed by atoms with E-state index in [1.807, 2.05) is 0 Å². The number of halogens is 1. The normalized spacial score (nSPS) is 13.3. The van der Waals surface area contributed by atoms with E-state index < -0.39 is 26.8 Å². The first-order valence-electron chi connectivity index (χ1n) is 2.31. The van der Waals surface area contributed by atoms with E-state index in [4.69, 9.17) is 11.5 Å². The van der Waals surface area contributed by atoms with E-state index in [-0.39, 0.29) is 6.54 Å². The Hall–Kier alpha value is -0.210. The maximum atomic E-state index is 10.4. The molecule has 0 bridgehead atoms. The fraction of sp³-hybridized carbons (Fsp3) is 0.667. The molecular formula is C3H7BrN2O4. The molecule has 0 aromatic carbocycles. The predicted octanol–water partition coefficient (Wildman–Crippen LogP) is -4.10. The number of carbonyl (C=O) groups excluding carboxylic acids is 1. The molecule has 0 amide bonds. The Morgan fingerprint density at radius 2 is 2.20 bits per heavy atom. The van der Waals surface area contributed by atoms with Crippen LogP contribution in [0.25, 0.3) is 0 Å². The van der Waals surface area contributed by atoms with Crippen molar-refractivity contribution in [2.24, 2.45) is 11.5 Å². The molecule has 0 aromatic rings. The summed E-state index contributed by atoms with van der Waals surface area (Å²) in [6, 6.07) is -1.05. The second-order valence-corrected chi connectivity index (χ2v) is 2.54. The molecule has 10 heavy (non-hydrogen) atoms. The molecule has 7 heteroatoms. The topological polar surface area (TPSA) is 124 Å². The SMILES string of the molecule is NCC(N)C(=O)O[Br+2]([O-])[O-]. The molecular weight excluding hydrogens is 208 g/mol. The summed E-state index contributed by atoms with van der Waals surface area (Å²) in [6.45, 7) is -0.131. The van der Waals surface area contributed by atoms with Gasteiger partial charge < -0.3 is 19.9 Å². The van der Waals surface area contributed by atoms with Crippen LogP contribution < -0.4 is 19.9 Å². The van der Waals surface area contributed by atoms with Gasteiger partial charge in [0.2, 0.25) is 0 Å². The van der Waals surface area contributed by atoms with Gasteiger partial charge in [0.15, 0.2) is 0 Å². The lowest BCUT2D eigenvalue weighted by Crippen LogP contribution is -2.44. The third kappa shape index (κ3) is 3.75. The molecule has 0 aliphatic carbocycles. The van der Waals surface area contributed by atoms with Crippen LogP contribution in [0.4, 0.5) is 0 Å². The molecule has 0 radical (unpaired) electrons. The smallest absolute Gasteiger partial charge is 0.361 e. The Morgan fingerprint density at radius 3 is 2.50 bits per heavy atom. The van der Waals surface area contributed by atoms with E-state index in [9.17, 15) is 13.2 Å². The first-order chi connectivity index (χ1) is 4.57. The molecule has 0 saturated heterocycles. The first kappa shape index (κ1) is 9.79. The molecule has 0 heterocycles. The lowest BCUT2D eigenvalue weighted by molar-refractivity contribution is -1.62. The second-order valence-electron chi connectivity index (χ2n) is 1.43. The highest BCUT2D eigenvalue weighted by atomic mass is 80.0. The van der Waals surface area contributed by atoms with Crippen molar-refractivity contribution >= 4 is 5.97 Å². The Labute approximate surface area is 62.6 Å². The van der Waals surface area contributed by atoms with Gasteiger partial charge in [0.05, 0.1) is 0 Å². The quantitative estimate of drug-likeness (QED) is 0.493. The highest BCUT2D eigenvalue weighted by Gasteiger charge is 2.25. The lowest BCUT2D eigenvalue weighted by Gasteiger charge is -1.99. The van der Waals surface area contributed by atoms with Crippen molar-refractivity contribution in [2.45, 2.75) is 6.04 Å². The van der Waals surface area contributed by atoms with Gasteiger partial charge in [-0.05, 0) is 0 Å². The van der Waals surface area contributed by atoms with Crippen molar-refractivity contribution in [3.63, 3.8) is 0 Å². The van der Waals surface area contributed by atoms with Crippen LogP contribution in [0.2, 0.25) is 0 Å². The van der Waals surface area contributed by atoms with E-state index in [0.29, 0.717) is 0 Å². The standard InChI is InChI=1S/C3H7BrN2O4/c5-1-2(6)3(7)10-4(8)9/h2H,1,5-6H2. The molecule has 0 rings (SSSR count). The van der Waals surface area contributed by atoms with Gasteiger partial charge in [-0.25, -0.2) is 4.79 Å². The Balaban J connectivity index is 3.62. The first-order valence-corrected chi connectivity index (χ1v) is 4.25. The molecule has 0 aliphatic heterocycles. The maximum Gasteiger partial charge on any atom is 0.505 e. The van der Waals surface area contributed by atoms with Crippen LogP contribution in [0.15, 0.2) is 0 Å². The molecule has 1 unspecified atom stereocenters. The fourth-order valence-corrected chi connectivity index (χ4v) is 0.716.